The van der Waals surface area contributed by atoms with Crippen LogP contribution in [0.15, 0.2) is 18.2 Å². The zero-order valence-electron chi connectivity index (χ0n) is 11.8. The molecule has 1 aliphatic rings. The van der Waals surface area contributed by atoms with E-state index in [1.54, 1.807) is 0 Å². The molecule has 106 valence electrons. The number of aliphatic hydroxyl groups is 1. The van der Waals surface area contributed by atoms with Crippen molar-refractivity contribution >= 4 is 0 Å². The number of aryl methyl sites for hydroxylation is 1. The van der Waals surface area contributed by atoms with Gasteiger partial charge in [0.15, 0.2) is 0 Å². The third-order valence-electron chi connectivity index (χ3n) is 3.85. The summed E-state index contributed by atoms with van der Waals surface area (Å²) >= 11 is 0. The zero-order chi connectivity index (χ0) is 13.8. The number of nitrogens with zero attached hydrogens (tertiary/aromatic N) is 1. The van der Waals surface area contributed by atoms with E-state index in [1.807, 2.05) is 0 Å². The maximum Gasteiger partial charge on any atom is 0.0933 e. The highest BCUT2D eigenvalue weighted by Gasteiger charge is 2.25. The lowest BCUT2D eigenvalue weighted by Gasteiger charge is -2.37. The Bertz CT molecular complexity index is 423. The molecule has 1 fully saturated rings. The maximum atomic E-state index is 9.22. The van der Waals surface area contributed by atoms with Gasteiger partial charge in [0.2, 0.25) is 0 Å². The third kappa shape index (κ3) is 3.54. The monoisotopic (exact) mass is 264 g/mol. The molecule has 2 atom stereocenters. The average molecular weight is 264 g/mol. The summed E-state index contributed by atoms with van der Waals surface area (Å²) in [5, 5.41) is 9.22. The van der Waals surface area contributed by atoms with Crippen molar-refractivity contribution in [2.75, 3.05) is 19.8 Å². The number of hydrogen-bond acceptors (Lipinski definition) is 4. The first-order valence-corrected chi connectivity index (χ1v) is 6.89. The van der Waals surface area contributed by atoms with Crippen LogP contribution in [-0.2, 0) is 17.8 Å². The van der Waals surface area contributed by atoms with Gasteiger partial charge < -0.3 is 15.6 Å². The summed E-state index contributed by atoms with van der Waals surface area (Å²) in [5.41, 5.74) is 9.43. The lowest BCUT2D eigenvalue weighted by atomic mass is 10.0. The van der Waals surface area contributed by atoms with Crippen molar-refractivity contribution in [1.29, 1.82) is 0 Å². The van der Waals surface area contributed by atoms with Gasteiger partial charge in [-0.2, -0.15) is 0 Å². The van der Waals surface area contributed by atoms with E-state index in [1.165, 1.54) is 16.7 Å². The molecule has 1 aliphatic heterocycles. The van der Waals surface area contributed by atoms with Crippen molar-refractivity contribution in [3.8, 4) is 0 Å². The van der Waals surface area contributed by atoms with Crippen molar-refractivity contribution in [2.24, 2.45) is 5.73 Å². The van der Waals surface area contributed by atoms with Crippen LogP contribution in [0.25, 0.3) is 0 Å². The van der Waals surface area contributed by atoms with Crippen LogP contribution in [0.1, 0.15) is 23.6 Å². The fraction of sp³-hybridized carbons (Fsp3) is 0.600. The second-order valence-electron chi connectivity index (χ2n) is 5.38. The summed E-state index contributed by atoms with van der Waals surface area (Å²) in [6.45, 7) is 7.34. The van der Waals surface area contributed by atoms with Gasteiger partial charge in [-0.05, 0) is 30.5 Å². The van der Waals surface area contributed by atoms with Crippen molar-refractivity contribution in [3.05, 3.63) is 34.9 Å². The summed E-state index contributed by atoms with van der Waals surface area (Å²) in [5.74, 6) is 0. The molecule has 4 heteroatoms. The lowest BCUT2D eigenvalue weighted by molar-refractivity contribution is -0.0806. The highest BCUT2D eigenvalue weighted by Crippen LogP contribution is 2.18. The smallest absolute Gasteiger partial charge is 0.0933 e. The summed E-state index contributed by atoms with van der Waals surface area (Å²) in [7, 11) is 0. The van der Waals surface area contributed by atoms with Crippen LogP contribution in [0.3, 0.4) is 0 Å². The van der Waals surface area contributed by atoms with Gasteiger partial charge in [-0.25, -0.2) is 0 Å². The van der Waals surface area contributed by atoms with Crippen molar-refractivity contribution in [2.45, 2.75) is 39.1 Å². The molecule has 0 saturated carbocycles. The van der Waals surface area contributed by atoms with E-state index in [4.69, 9.17) is 10.5 Å². The molecule has 0 spiro atoms. The minimum Gasteiger partial charge on any atom is -0.394 e. The van der Waals surface area contributed by atoms with Gasteiger partial charge >= 0.3 is 0 Å². The van der Waals surface area contributed by atoms with Gasteiger partial charge in [-0.3, -0.25) is 4.90 Å². The van der Waals surface area contributed by atoms with Crippen LogP contribution in [-0.4, -0.2) is 41.9 Å². The predicted octanol–water partition coefficient (Wildman–Crippen LogP) is 1.04. The van der Waals surface area contributed by atoms with E-state index in [0.717, 1.165) is 13.1 Å². The number of aliphatic hydroxyl groups excluding tert-OH is 1. The van der Waals surface area contributed by atoms with Gasteiger partial charge in [-0.1, -0.05) is 18.2 Å². The first-order chi connectivity index (χ1) is 9.13. The van der Waals surface area contributed by atoms with Crippen LogP contribution >= 0.6 is 0 Å². The standard InChI is InChI=1S/C15H24N2O2/c1-11-5-13(6-16)3-4-14(11)7-17-8-15(9-18)19-10-12(17)2/h3-5,12,15,18H,6-10,16H2,1-2H3. The summed E-state index contributed by atoms with van der Waals surface area (Å²) in [4.78, 5) is 2.37. The Morgan fingerprint density at radius 2 is 2.26 bits per heavy atom. The van der Waals surface area contributed by atoms with E-state index in [-0.39, 0.29) is 12.7 Å². The van der Waals surface area contributed by atoms with E-state index in [9.17, 15) is 5.11 Å². The van der Waals surface area contributed by atoms with Gasteiger partial charge in [0.25, 0.3) is 0 Å². The number of nitrogens with two attached hydrogens (primary N) is 1. The van der Waals surface area contributed by atoms with Crippen LogP contribution in [0.5, 0.6) is 0 Å². The fourth-order valence-electron chi connectivity index (χ4n) is 2.49. The molecular formula is C15H24N2O2. The molecule has 3 N–H and O–H groups in total. The Morgan fingerprint density at radius 3 is 2.89 bits per heavy atom. The average Bonchev–Trinajstić information content (AvgIpc) is 2.43. The number of ether oxygens (including phenoxy) is 1. The number of benzene rings is 1. The SMILES string of the molecule is Cc1cc(CN)ccc1CN1CC(CO)OCC1C. The van der Waals surface area contributed by atoms with Gasteiger partial charge in [-0.15, -0.1) is 0 Å². The van der Waals surface area contributed by atoms with Gasteiger partial charge in [0, 0.05) is 25.7 Å². The predicted molar refractivity (Wildman–Crippen MR) is 75.8 cm³/mol. The molecule has 1 aromatic carbocycles. The van der Waals surface area contributed by atoms with Crippen molar-refractivity contribution in [3.63, 3.8) is 0 Å². The summed E-state index contributed by atoms with van der Waals surface area (Å²) in [6.07, 6.45) is -0.0557. The molecular weight excluding hydrogens is 240 g/mol. The highest BCUT2D eigenvalue weighted by atomic mass is 16.5. The quantitative estimate of drug-likeness (QED) is 0.853. The van der Waals surface area contributed by atoms with E-state index >= 15 is 0 Å². The molecule has 4 nitrogen and oxygen atoms in total. The number of rotatable bonds is 4. The normalized spacial score (nSPS) is 24.6. The molecule has 2 unspecified atom stereocenters. The van der Waals surface area contributed by atoms with Crippen LogP contribution in [0.2, 0.25) is 0 Å². The van der Waals surface area contributed by atoms with Crippen LogP contribution in [0.4, 0.5) is 0 Å². The largest absolute Gasteiger partial charge is 0.394 e. The topological polar surface area (TPSA) is 58.7 Å². The maximum absolute atomic E-state index is 9.22. The first kappa shape index (κ1) is 14.5. The second-order valence-corrected chi connectivity index (χ2v) is 5.38. The number of morpholine rings is 1. The first-order valence-electron chi connectivity index (χ1n) is 6.89. The third-order valence-corrected chi connectivity index (χ3v) is 3.85. The summed E-state index contributed by atoms with van der Waals surface area (Å²) < 4.78 is 5.57. The van der Waals surface area contributed by atoms with Crippen molar-refractivity contribution < 1.29 is 9.84 Å². The Labute approximate surface area is 115 Å². The Hall–Kier alpha value is -0.940. The molecule has 0 aromatic heterocycles. The van der Waals surface area contributed by atoms with E-state index in [2.05, 4.69) is 36.9 Å². The minimum absolute atomic E-state index is 0.0557. The Morgan fingerprint density at radius 1 is 1.47 bits per heavy atom. The van der Waals surface area contributed by atoms with Crippen molar-refractivity contribution in [1.82, 2.24) is 4.90 Å². The van der Waals surface area contributed by atoms with E-state index < -0.39 is 0 Å². The molecule has 0 aliphatic carbocycles. The molecule has 1 heterocycles. The molecule has 0 radical (unpaired) electrons. The second kappa shape index (κ2) is 6.48. The zero-order valence-corrected chi connectivity index (χ0v) is 11.8. The molecule has 1 saturated heterocycles. The molecule has 0 bridgehead atoms. The Balaban J connectivity index is 2.06. The minimum atomic E-state index is -0.0557. The van der Waals surface area contributed by atoms with Gasteiger partial charge in [0.05, 0.1) is 19.3 Å². The number of hydrogen-bond donors (Lipinski definition) is 2. The molecule has 19 heavy (non-hydrogen) atoms. The molecule has 2 rings (SSSR count). The lowest BCUT2D eigenvalue weighted by Crippen LogP contribution is -2.48. The summed E-state index contributed by atoms with van der Waals surface area (Å²) in [6, 6.07) is 6.80. The highest BCUT2D eigenvalue weighted by molar-refractivity contribution is 5.31. The van der Waals surface area contributed by atoms with E-state index in [0.29, 0.717) is 19.2 Å². The molecule has 1 aromatic rings. The van der Waals surface area contributed by atoms with Gasteiger partial charge in [0.1, 0.15) is 0 Å². The van der Waals surface area contributed by atoms with Crippen LogP contribution in [0, 0.1) is 6.92 Å². The Kier molecular flexibility index (Phi) is 4.93. The fourth-order valence-corrected chi connectivity index (χ4v) is 2.49. The molecule has 0 amide bonds. The van der Waals surface area contributed by atoms with Crippen LogP contribution < -0.4 is 5.73 Å².